The van der Waals surface area contributed by atoms with E-state index < -0.39 is 0 Å². The maximum absolute atomic E-state index is 12.9. The maximum atomic E-state index is 12.9. The summed E-state index contributed by atoms with van der Waals surface area (Å²) in [5.74, 6) is -0.255. The van der Waals surface area contributed by atoms with Crippen LogP contribution in [0.25, 0.3) is 6.08 Å². The summed E-state index contributed by atoms with van der Waals surface area (Å²) in [5.41, 5.74) is 6.08. The number of rotatable bonds is 2. The van der Waals surface area contributed by atoms with Crippen LogP contribution in [0, 0.1) is 5.82 Å². The first-order chi connectivity index (χ1) is 5.74. The summed E-state index contributed by atoms with van der Waals surface area (Å²) in [7, 11) is 0. The summed E-state index contributed by atoms with van der Waals surface area (Å²) < 4.78 is 13.4. The number of hydrogen-bond donors (Lipinski definition) is 1. The molecular formula is C9H9BrFN. The second-order valence-electron chi connectivity index (χ2n) is 2.31. The second kappa shape index (κ2) is 4.38. The molecule has 0 saturated carbocycles. The van der Waals surface area contributed by atoms with Gasteiger partial charge in [-0.1, -0.05) is 18.2 Å². The molecule has 0 aromatic heterocycles. The van der Waals surface area contributed by atoms with Gasteiger partial charge in [0, 0.05) is 6.54 Å². The van der Waals surface area contributed by atoms with Gasteiger partial charge in [-0.15, -0.1) is 0 Å². The van der Waals surface area contributed by atoms with Crippen LogP contribution in [0.15, 0.2) is 28.7 Å². The van der Waals surface area contributed by atoms with Crippen LogP contribution in [0.4, 0.5) is 4.39 Å². The van der Waals surface area contributed by atoms with Crippen LogP contribution in [0.5, 0.6) is 0 Å². The van der Waals surface area contributed by atoms with E-state index in [1.54, 1.807) is 18.2 Å². The van der Waals surface area contributed by atoms with Crippen LogP contribution >= 0.6 is 15.9 Å². The van der Waals surface area contributed by atoms with Crippen molar-refractivity contribution in [2.45, 2.75) is 0 Å². The highest BCUT2D eigenvalue weighted by Crippen LogP contribution is 2.16. The smallest absolute Gasteiger partial charge is 0.137 e. The molecule has 0 radical (unpaired) electrons. The standard InChI is InChI=1S/C9H9BrFN/c10-8-4-3-7(2-1-5-12)6-9(8)11/h1-4,6H,5,12H2. The van der Waals surface area contributed by atoms with Crippen LogP contribution in [0.1, 0.15) is 5.56 Å². The molecule has 1 aromatic rings. The van der Waals surface area contributed by atoms with Crippen molar-refractivity contribution in [1.82, 2.24) is 0 Å². The normalized spacial score (nSPS) is 10.9. The molecule has 64 valence electrons. The Morgan fingerprint density at radius 2 is 2.25 bits per heavy atom. The van der Waals surface area contributed by atoms with Crippen LogP contribution in [-0.4, -0.2) is 6.54 Å². The summed E-state index contributed by atoms with van der Waals surface area (Å²) in [6, 6.07) is 4.95. The monoisotopic (exact) mass is 229 g/mol. The van der Waals surface area contributed by atoms with Crippen molar-refractivity contribution in [3.05, 3.63) is 40.1 Å². The molecule has 0 unspecified atom stereocenters. The molecule has 3 heteroatoms. The van der Waals surface area contributed by atoms with Gasteiger partial charge in [-0.25, -0.2) is 4.39 Å². The average Bonchev–Trinajstić information content (AvgIpc) is 2.07. The Balaban J connectivity index is 2.89. The second-order valence-corrected chi connectivity index (χ2v) is 3.17. The van der Waals surface area contributed by atoms with E-state index >= 15 is 0 Å². The topological polar surface area (TPSA) is 26.0 Å². The lowest BCUT2D eigenvalue weighted by atomic mass is 10.2. The van der Waals surface area contributed by atoms with E-state index in [2.05, 4.69) is 15.9 Å². The molecule has 0 heterocycles. The van der Waals surface area contributed by atoms with Crippen LogP contribution < -0.4 is 5.73 Å². The third kappa shape index (κ3) is 2.43. The molecule has 0 atom stereocenters. The molecule has 0 fully saturated rings. The number of halogens is 2. The highest BCUT2D eigenvalue weighted by Gasteiger charge is 1.96. The Morgan fingerprint density at radius 3 is 2.83 bits per heavy atom. The third-order valence-corrected chi connectivity index (χ3v) is 2.03. The Hall–Kier alpha value is -0.670. The van der Waals surface area contributed by atoms with Gasteiger partial charge in [0.1, 0.15) is 5.82 Å². The molecule has 0 aliphatic heterocycles. The third-order valence-electron chi connectivity index (χ3n) is 1.39. The minimum atomic E-state index is -0.255. The fourth-order valence-electron chi connectivity index (χ4n) is 0.820. The van der Waals surface area contributed by atoms with E-state index in [1.807, 2.05) is 6.07 Å². The van der Waals surface area contributed by atoms with E-state index in [-0.39, 0.29) is 5.82 Å². The molecule has 0 saturated heterocycles. The summed E-state index contributed by atoms with van der Waals surface area (Å²) in [6.45, 7) is 0.470. The first-order valence-corrected chi connectivity index (χ1v) is 4.35. The highest BCUT2D eigenvalue weighted by molar-refractivity contribution is 9.10. The predicted octanol–water partition coefficient (Wildman–Crippen LogP) is 2.56. The first-order valence-electron chi connectivity index (χ1n) is 3.55. The van der Waals surface area contributed by atoms with Crippen molar-refractivity contribution in [2.24, 2.45) is 5.73 Å². The summed E-state index contributed by atoms with van der Waals surface area (Å²) in [5, 5.41) is 0. The fraction of sp³-hybridized carbons (Fsp3) is 0.111. The molecule has 1 rings (SSSR count). The zero-order valence-corrected chi connectivity index (χ0v) is 8.01. The van der Waals surface area contributed by atoms with E-state index in [0.717, 1.165) is 5.56 Å². The van der Waals surface area contributed by atoms with Gasteiger partial charge in [0.05, 0.1) is 4.47 Å². The van der Waals surface area contributed by atoms with Crippen LogP contribution in [-0.2, 0) is 0 Å². The molecule has 12 heavy (non-hydrogen) atoms. The van der Waals surface area contributed by atoms with Gasteiger partial charge in [0.25, 0.3) is 0 Å². The average molecular weight is 230 g/mol. The Morgan fingerprint density at radius 1 is 1.50 bits per heavy atom. The van der Waals surface area contributed by atoms with E-state index in [0.29, 0.717) is 11.0 Å². The lowest BCUT2D eigenvalue weighted by Crippen LogP contribution is -1.92. The molecule has 0 spiro atoms. The van der Waals surface area contributed by atoms with Crippen LogP contribution in [0.3, 0.4) is 0 Å². The van der Waals surface area contributed by atoms with Crippen molar-refractivity contribution in [1.29, 1.82) is 0 Å². The zero-order chi connectivity index (χ0) is 8.97. The molecule has 0 amide bonds. The summed E-state index contributed by atoms with van der Waals surface area (Å²) in [6.07, 6.45) is 3.57. The maximum Gasteiger partial charge on any atom is 0.137 e. The van der Waals surface area contributed by atoms with Gasteiger partial charge in [-0.3, -0.25) is 0 Å². The minimum Gasteiger partial charge on any atom is -0.327 e. The van der Waals surface area contributed by atoms with Crippen molar-refractivity contribution in [3.63, 3.8) is 0 Å². The predicted molar refractivity (Wildman–Crippen MR) is 52.2 cm³/mol. The van der Waals surface area contributed by atoms with Crippen molar-refractivity contribution in [3.8, 4) is 0 Å². The SMILES string of the molecule is NCC=Cc1ccc(Br)c(F)c1. The van der Waals surface area contributed by atoms with Gasteiger partial charge >= 0.3 is 0 Å². The number of nitrogens with two attached hydrogens (primary N) is 1. The van der Waals surface area contributed by atoms with Crippen molar-refractivity contribution >= 4 is 22.0 Å². The van der Waals surface area contributed by atoms with Crippen molar-refractivity contribution in [2.75, 3.05) is 6.54 Å². The summed E-state index contributed by atoms with van der Waals surface area (Å²) >= 11 is 3.07. The zero-order valence-electron chi connectivity index (χ0n) is 6.43. The largest absolute Gasteiger partial charge is 0.327 e. The van der Waals surface area contributed by atoms with Crippen LogP contribution in [0.2, 0.25) is 0 Å². The van der Waals surface area contributed by atoms with Gasteiger partial charge < -0.3 is 5.73 Å². The number of hydrogen-bond acceptors (Lipinski definition) is 1. The van der Waals surface area contributed by atoms with Gasteiger partial charge in [0.15, 0.2) is 0 Å². The van der Waals surface area contributed by atoms with E-state index in [1.165, 1.54) is 6.07 Å². The Labute approximate surface area is 79.2 Å². The van der Waals surface area contributed by atoms with Crippen molar-refractivity contribution < 1.29 is 4.39 Å². The Kier molecular flexibility index (Phi) is 3.44. The van der Waals surface area contributed by atoms with E-state index in [9.17, 15) is 4.39 Å². The molecule has 1 aromatic carbocycles. The van der Waals surface area contributed by atoms with Gasteiger partial charge in [0.2, 0.25) is 0 Å². The molecule has 0 aliphatic rings. The number of benzene rings is 1. The molecule has 1 nitrogen and oxygen atoms in total. The van der Waals surface area contributed by atoms with Gasteiger partial charge in [-0.2, -0.15) is 0 Å². The quantitative estimate of drug-likeness (QED) is 0.830. The fourth-order valence-corrected chi connectivity index (χ4v) is 1.07. The Bertz CT molecular complexity index is 297. The lowest BCUT2D eigenvalue weighted by Gasteiger charge is -1.95. The molecule has 2 N–H and O–H groups in total. The minimum absolute atomic E-state index is 0.255. The molecule has 0 bridgehead atoms. The van der Waals surface area contributed by atoms with Gasteiger partial charge in [-0.05, 0) is 33.6 Å². The lowest BCUT2D eigenvalue weighted by molar-refractivity contribution is 0.621. The summed E-state index contributed by atoms with van der Waals surface area (Å²) in [4.78, 5) is 0. The first kappa shape index (κ1) is 9.42. The molecule has 0 aliphatic carbocycles. The highest BCUT2D eigenvalue weighted by atomic mass is 79.9. The molecular weight excluding hydrogens is 221 g/mol. The van der Waals surface area contributed by atoms with E-state index in [4.69, 9.17) is 5.73 Å².